The van der Waals surface area contributed by atoms with E-state index in [1.54, 1.807) is 17.7 Å². The van der Waals surface area contributed by atoms with Gasteiger partial charge in [0.2, 0.25) is 0 Å². The number of H-pyrrole nitrogens is 1. The minimum atomic E-state index is 0.139. The fourth-order valence-electron chi connectivity index (χ4n) is 2.37. The molecule has 2 aromatic rings. The second kappa shape index (κ2) is 4.70. The van der Waals surface area contributed by atoms with Crippen LogP contribution in [0.5, 0.6) is 0 Å². The molecule has 0 fully saturated rings. The van der Waals surface area contributed by atoms with Gasteiger partial charge in [0, 0.05) is 30.6 Å². The maximum absolute atomic E-state index is 5.41. The average molecular weight is 278 g/mol. The van der Waals surface area contributed by atoms with Crippen LogP contribution in [0.4, 0.5) is 0 Å². The second-order valence-corrected chi connectivity index (χ2v) is 5.55. The van der Waals surface area contributed by atoms with Crippen LogP contribution in [0.25, 0.3) is 0 Å². The summed E-state index contributed by atoms with van der Waals surface area (Å²) in [4.78, 5) is 11.2. The Hall–Kier alpha value is -1.40. The number of nitrogens with one attached hydrogen (secondary N) is 2. The molecule has 1 unspecified atom stereocenters. The number of thiocarbonyl (C=S) groups is 1. The van der Waals surface area contributed by atoms with Gasteiger partial charge in [0.15, 0.2) is 5.11 Å². The molecule has 3 rings (SSSR count). The summed E-state index contributed by atoms with van der Waals surface area (Å²) in [5, 5.41) is 5.95. The van der Waals surface area contributed by atoms with Gasteiger partial charge in [0.05, 0.1) is 12.0 Å². The van der Waals surface area contributed by atoms with Crippen molar-refractivity contribution >= 4 is 28.7 Å². The first-order valence-electron chi connectivity index (χ1n) is 5.85. The van der Waals surface area contributed by atoms with Crippen LogP contribution in [-0.2, 0) is 6.42 Å². The number of fused-ring (bicyclic) bond motifs is 1. The fraction of sp³-hybridized carbons (Fsp3) is 0.333. The number of hydrogen-bond acceptors (Lipinski definition) is 3. The predicted molar refractivity (Wildman–Crippen MR) is 76.8 cm³/mol. The number of thiophene rings is 1. The van der Waals surface area contributed by atoms with Crippen molar-refractivity contribution in [3.05, 3.63) is 40.1 Å². The molecule has 0 bridgehead atoms. The molecule has 0 radical (unpaired) electrons. The molecule has 1 atom stereocenters. The zero-order valence-corrected chi connectivity index (χ0v) is 11.6. The highest BCUT2D eigenvalue weighted by Crippen LogP contribution is 2.35. The molecular formula is C12H14N4S2. The van der Waals surface area contributed by atoms with E-state index in [9.17, 15) is 0 Å². The van der Waals surface area contributed by atoms with Crippen molar-refractivity contribution in [2.24, 2.45) is 0 Å². The molecule has 1 aliphatic rings. The molecule has 0 spiro atoms. The van der Waals surface area contributed by atoms with Gasteiger partial charge >= 0.3 is 0 Å². The molecule has 18 heavy (non-hydrogen) atoms. The lowest BCUT2D eigenvalue weighted by Gasteiger charge is -2.35. The summed E-state index contributed by atoms with van der Waals surface area (Å²) in [7, 11) is 1.87. The molecule has 1 aliphatic heterocycles. The van der Waals surface area contributed by atoms with E-state index in [1.807, 2.05) is 7.05 Å². The summed E-state index contributed by atoms with van der Waals surface area (Å²) >= 11 is 7.16. The zero-order chi connectivity index (χ0) is 12.5. The monoisotopic (exact) mass is 278 g/mol. The molecule has 94 valence electrons. The predicted octanol–water partition coefficient (Wildman–Crippen LogP) is 1.92. The van der Waals surface area contributed by atoms with Gasteiger partial charge in [-0.25, -0.2) is 4.98 Å². The lowest BCUT2D eigenvalue weighted by atomic mass is 10.0. The number of aromatic nitrogens is 2. The minimum absolute atomic E-state index is 0.139. The Morgan fingerprint density at radius 2 is 2.56 bits per heavy atom. The van der Waals surface area contributed by atoms with Crippen molar-refractivity contribution in [3.8, 4) is 0 Å². The van der Waals surface area contributed by atoms with E-state index < -0.39 is 0 Å². The van der Waals surface area contributed by atoms with E-state index in [2.05, 4.69) is 37.7 Å². The first-order chi connectivity index (χ1) is 8.81. The molecule has 0 saturated carbocycles. The van der Waals surface area contributed by atoms with Crippen LogP contribution in [0.15, 0.2) is 23.8 Å². The second-order valence-electron chi connectivity index (χ2n) is 4.18. The standard InChI is InChI=1S/C12H14N4S2/c1-13-12(17)16-5-4-8-10(15-7-14-8)11(16)9-3-2-6-18-9/h2-3,6-7,11H,4-5H2,1H3,(H,13,17)(H,14,15). The minimum Gasteiger partial charge on any atom is -0.366 e. The van der Waals surface area contributed by atoms with Gasteiger partial charge in [0.25, 0.3) is 0 Å². The molecule has 0 saturated heterocycles. The fourth-order valence-corrected chi connectivity index (χ4v) is 3.41. The van der Waals surface area contributed by atoms with Gasteiger partial charge < -0.3 is 15.2 Å². The van der Waals surface area contributed by atoms with Crippen molar-refractivity contribution in [1.82, 2.24) is 20.2 Å². The summed E-state index contributed by atoms with van der Waals surface area (Å²) in [6.45, 7) is 0.914. The Labute approximate surface area is 115 Å². The lowest BCUT2D eigenvalue weighted by Crippen LogP contribution is -2.44. The van der Waals surface area contributed by atoms with Crippen LogP contribution < -0.4 is 5.32 Å². The average Bonchev–Trinajstić information content (AvgIpc) is 3.07. The highest BCUT2D eigenvalue weighted by atomic mass is 32.1. The van der Waals surface area contributed by atoms with Crippen LogP contribution in [0.1, 0.15) is 22.3 Å². The van der Waals surface area contributed by atoms with Crippen molar-refractivity contribution in [2.45, 2.75) is 12.5 Å². The van der Waals surface area contributed by atoms with E-state index in [-0.39, 0.29) is 6.04 Å². The van der Waals surface area contributed by atoms with Gasteiger partial charge in [-0.3, -0.25) is 0 Å². The van der Waals surface area contributed by atoms with E-state index in [4.69, 9.17) is 12.2 Å². The van der Waals surface area contributed by atoms with Crippen LogP contribution in [0.2, 0.25) is 0 Å². The quantitative estimate of drug-likeness (QED) is 0.782. The van der Waals surface area contributed by atoms with Crippen LogP contribution in [-0.4, -0.2) is 33.6 Å². The smallest absolute Gasteiger partial charge is 0.169 e. The summed E-state index contributed by atoms with van der Waals surface area (Å²) in [5.74, 6) is 0. The summed E-state index contributed by atoms with van der Waals surface area (Å²) in [6, 6.07) is 4.35. The number of rotatable bonds is 1. The topological polar surface area (TPSA) is 44.0 Å². The van der Waals surface area contributed by atoms with E-state index in [0.29, 0.717) is 0 Å². The third kappa shape index (κ3) is 1.81. The molecule has 4 nitrogen and oxygen atoms in total. The molecule has 0 aliphatic carbocycles. The third-order valence-corrected chi connectivity index (χ3v) is 4.58. The van der Waals surface area contributed by atoms with Crippen molar-refractivity contribution < 1.29 is 0 Å². The number of imidazole rings is 1. The van der Waals surface area contributed by atoms with Gasteiger partial charge in [0.1, 0.15) is 6.04 Å². The number of nitrogens with zero attached hydrogens (tertiary/aromatic N) is 2. The first-order valence-corrected chi connectivity index (χ1v) is 7.14. The van der Waals surface area contributed by atoms with Crippen LogP contribution in [0, 0.1) is 0 Å². The van der Waals surface area contributed by atoms with E-state index in [0.717, 1.165) is 23.8 Å². The zero-order valence-electron chi connectivity index (χ0n) is 10.0. The van der Waals surface area contributed by atoms with E-state index >= 15 is 0 Å². The SMILES string of the molecule is CNC(=S)N1CCc2[nH]cnc2C1c1cccs1. The maximum atomic E-state index is 5.41. The summed E-state index contributed by atoms with van der Waals surface area (Å²) in [6.07, 6.45) is 2.73. The van der Waals surface area contributed by atoms with Gasteiger partial charge in [-0.05, 0) is 23.7 Å². The van der Waals surface area contributed by atoms with E-state index in [1.165, 1.54) is 10.6 Å². The van der Waals surface area contributed by atoms with Gasteiger partial charge in [-0.1, -0.05) is 6.07 Å². The van der Waals surface area contributed by atoms with Crippen LogP contribution >= 0.6 is 23.6 Å². The molecule has 0 aromatic carbocycles. The third-order valence-electron chi connectivity index (χ3n) is 3.21. The van der Waals surface area contributed by atoms with Crippen molar-refractivity contribution in [2.75, 3.05) is 13.6 Å². The molecular weight excluding hydrogens is 264 g/mol. The molecule has 3 heterocycles. The Balaban J connectivity index is 2.05. The molecule has 2 N–H and O–H groups in total. The van der Waals surface area contributed by atoms with Crippen molar-refractivity contribution in [3.63, 3.8) is 0 Å². The Kier molecular flexibility index (Phi) is 3.05. The van der Waals surface area contributed by atoms with Gasteiger partial charge in [-0.15, -0.1) is 11.3 Å². The normalized spacial score (nSPS) is 18.5. The number of aromatic amines is 1. The lowest BCUT2D eigenvalue weighted by molar-refractivity contribution is 0.333. The Morgan fingerprint density at radius 3 is 3.28 bits per heavy atom. The highest BCUT2D eigenvalue weighted by Gasteiger charge is 2.32. The Bertz CT molecular complexity index is 546. The summed E-state index contributed by atoms with van der Waals surface area (Å²) in [5.41, 5.74) is 2.32. The largest absolute Gasteiger partial charge is 0.366 e. The number of hydrogen-bond donors (Lipinski definition) is 2. The van der Waals surface area contributed by atoms with Gasteiger partial charge in [-0.2, -0.15) is 0 Å². The Morgan fingerprint density at radius 1 is 1.67 bits per heavy atom. The maximum Gasteiger partial charge on any atom is 0.169 e. The highest BCUT2D eigenvalue weighted by molar-refractivity contribution is 7.80. The van der Waals surface area contributed by atoms with Crippen molar-refractivity contribution in [1.29, 1.82) is 0 Å². The molecule has 0 amide bonds. The molecule has 6 heteroatoms. The first kappa shape index (κ1) is 11.7. The van der Waals surface area contributed by atoms with Crippen LogP contribution in [0.3, 0.4) is 0 Å². The molecule has 2 aromatic heterocycles. The summed E-state index contributed by atoms with van der Waals surface area (Å²) < 4.78 is 0.